The maximum Gasteiger partial charge on any atom is 0.222 e. The van der Waals surface area contributed by atoms with E-state index in [9.17, 15) is 20.1 Å². The van der Waals surface area contributed by atoms with Crippen LogP contribution in [-0.4, -0.2) is 46.1 Å². The first-order valence-electron chi connectivity index (χ1n) is 24.4. The molecule has 3 atom stereocenters. The number of unbranched alkanes of at least 4 members (excludes halogenated alkanes) is 29. The molecule has 0 spiro atoms. The number of allylic oxidation sites excluding steroid dienone is 7. The van der Waals surface area contributed by atoms with Gasteiger partial charge in [0.15, 0.2) is 0 Å². The maximum absolute atomic E-state index is 12.4. The average Bonchev–Trinajstić information content (AvgIpc) is 3.19. The zero-order valence-electron chi connectivity index (χ0n) is 37.3. The third-order valence-corrected chi connectivity index (χ3v) is 11.0. The third kappa shape index (κ3) is 41.9. The molecule has 0 saturated carbocycles. The number of aliphatic hydroxyl groups is 3. The highest BCUT2D eigenvalue weighted by molar-refractivity contribution is 5.76. The number of hydrogen-bond donors (Lipinski definition) is 4. The van der Waals surface area contributed by atoms with E-state index in [2.05, 4.69) is 55.6 Å². The van der Waals surface area contributed by atoms with Crippen LogP contribution in [0.25, 0.3) is 0 Å². The highest BCUT2D eigenvalue weighted by Crippen LogP contribution is 2.16. The first-order valence-corrected chi connectivity index (χ1v) is 24.4. The van der Waals surface area contributed by atoms with Gasteiger partial charge in [0.05, 0.1) is 31.3 Å². The summed E-state index contributed by atoms with van der Waals surface area (Å²) in [5.74, 6) is -0.331. The van der Waals surface area contributed by atoms with Gasteiger partial charge in [-0.3, -0.25) is 4.79 Å². The predicted octanol–water partition coefficient (Wildman–Crippen LogP) is 14.5. The molecule has 0 aliphatic carbocycles. The van der Waals surface area contributed by atoms with E-state index in [1.54, 1.807) is 6.08 Å². The quantitative estimate of drug-likeness (QED) is 0.0366. The monoisotopic (exact) mass is 786 g/mol. The summed E-state index contributed by atoms with van der Waals surface area (Å²) in [6.45, 7) is 4.13. The molecule has 0 rings (SSSR count). The lowest BCUT2D eigenvalue weighted by atomic mass is 10.0. The number of aliphatic hydroxyl groups excluding tert-OH is 3. The lowest BCUT2D eigenvalue weighted by Crippen LogP contribution is -2.45. The van der Waals surface area contributed by atoms with Crippen molar-refractivity contribution in [3.63, 3.8) is 0 Å². The molecule has 1 amide bonds. The molecule has 0 radical (unpaired) electrons. The average molecular weight is 786 g/mol. The molecule has 0 aromatic rings. The molecule has 56 heavy (non-hydrogen) atoms. The highest BCUT2D eigenvalue weighted by Gasteiger charge is 2.20. The molecular weight excluding hydrogens is 691 g/mol. The van der Waals surface area contributed by atoms with Crippen LogP contribution in [0.5, 0.6) is 0 Å². The number of carbonyl (C=O) groups excluding carboxylic acids is 1. The Morgan fingerprint density at radius 2 is 0.804 bits per heavy atom. The fourth-order valence-electron chi connectivity index (χ4n) is 7.32. The number of nitrogens with one attached hydrogen (secondary N) is 1. The van der Waals surface area contributed by atoms with Gasteiger partial charge < -0.3 is 20.6 Å². The molecular formula is C51H95NO4. The van der Waals surface area contributed by atoms with Crippen molar-refractivity contribution in [1.29, 1.82) is 0 Å². The lowest BCUT2D eigenvalue weighted by Gasteiger charge is -2.21. The zero-order valence-corrected chi connectivity index (χ0v) is 37.3. The Hall–Kier alpha value is -1.69. The van der Waals surface area contributed by atoms with E-state index in [1.807, 2.05) is 6.08 Å². The zero-order chi connectivity index (χ0) is 40.8. The largest absolute Gasteiger partial charge is 0.394 e. The van der Waals surface area contributed by atoms with Crippen LogP contribution in [-0.2, 0) is 4.79 Å². The molecule has 3 unspecified atom stereocenters. The molecule has 0 aromatic heterocycles. The number of carbonyl (C=O) groups is 1. The molecule has 0 aromatic carbocycles. The Morgan fingerprint density at radius 1 is 0.446 bits per heavy atom. The molecule has 5 heteroatoms. The van der Waals surface area contributed by atoms with Gasteiger partial charge in [-0.1, -0.05) is 223 Å². The summed E-state index contributed by atoms with van der Waals surface area (Å²) in [4.78, 5) is 12.4. The van der Waals surface area contributed by atoms with E-state index in [1.165, 1.54) is 173 Å². The molecule has 0 heterocycles. The summed E-state index contributed by atoms with van der Waals surface area (Å²) in [6.07, 6.45) is 60.1. The van der Waals surface area contributed by atoms with Crippen molar-refractivity contribution in [1.82, 2.24) is 5.32 Å². The Bertz CT molecular complexity index is 912. The fourth-order valence-corrected chi connectivity index (χ4v) is 7.32. The van der Waals surface area contributed by atoms with E-state index in [0.29, 0.717) is 6.42 Å². The number of hydrogen-bond acceptors (Lipinski definition) is 4. The van der Waals surface area contributed by atoms with E-state index < -0.39 is 18.2 Å². The van der Waals surface area contributed by atoms with Crippen molar-refractivity contribution in [3.8, 4) is 0 Å². The van der Waals surface area contributed by atoms with Crippen molar-refractivity contribution in [2.75, 3.05) is 6.61 Å². The second-order valence-corrected chi connectivity index (χ2v) is 16.7. The topological polar surface area (TPSA) is 89.8 Å². The summed E-state index contributed by atoms with van der Waals surface area (Å²) in [5, 5.41) is 33.1. The van der Waals surface area contributed by atoms with Crippen LogP contribution in [0.15, 0.2) is 48.6 Å². The van der Waals surface area contributed by atoms with Gasteiger partial charge in [0, 0.05) is 0 Å². The van der Waals surface area contributed by atoms with Crippen LogP contribution >= 0.6 is 0 Å². The Balaban J connectivity index is 3.53. The van der Waals surface area contributed by atoms with Crippen LogP contribution in [0.3, 0.4) is 0 Å². The van der Waals surface area contributed by atoms with Crippen molar-refractivity contribution in [3.05, 3.63) is 48.6 Å². The maximum atomic E-state index is 12.4. The molecule has 0 saturated heterocycles. The second kappa shape index (κ2) is 46.0. The molecule has 0 aliphatic rings. The molecule has 0 bridgehead atoms. The third-order valence-electron chi connectivity index (χ3n) is 11.0. The summed E-state index contributed by atoms with van der Waals surface area (Å²) in [7, 11) is 0. The lowest BCUT2D eigenvalue weighted by molar-refractivity contribution is -0.124. The normalized spacial score (nSPS) is 13.9. The Labute approximate surface area is 348 Å². The van der Waals surface area contributed by atoms with E-state index in [4.69, 9.17) is 0 Å². The summed E-state index contributed by atoms with van der Waals surface area (Å²) < 4.78 is 0. The van der Waals surface area contributed by atoms with Gasteiger partial charge in [0.1, 0.15) is 0 Å². The smallest absolute Gasteiger partial charge is 0.222 e. The van der Waals surface area contributed by atoms with E-state index >= 15 is 0 Å². The van der Waals surface area contributed by atoms with Crippen molar-refractivity contribution >= 4 is 5.91 Å². The minimum atomic E-state index is -0.958. The van der Waals surface area contributed by atoms with Crippen molar-refractivity contribution in [2.24, 2.45) is 0 Å². The van der Waals surface area contributed by atoms with E-state index in [0.717, 1.165) is 44.9 Å². The SMILES string of the molecule is CCC/C=C/CC/C=C/CC/C=C/C(O)C(CO)NC(=O)CC(O)CCCCCCCCCCCCCCCC/C=C\CCCCCCCCCCCCCC. The first kappa shape index (κ1) is 54.3. The van der Waals surface area contributed by atoms with Crippen molar-refractivity contribution < 1.29 is 20.1 Å². The predicted molar refractivity (Wildman–Crippen MR) is 245 cm³/mol. The molecule has 0 aliphatic heterocycles. The van der Waals surface area contributed by atoms with E-state index in [-0.39, 0.29) is 18.9 Å². The van der Waals surface area contributed by atoms with Crippen LogP contribution in [0, 0.1) is 0 Å². The van der Waals surface area contributed by atoms with Crippen LogP contribution < -0.4 is 5.32 Å². The van der Waals surface area contributed by atoms with Gasteiger partial charge >= 0.3 is 0 Å². The van der Waals surface area contributed by atoms with Crippen molar-refractivity contribution in [2.45, 2.75) is 263 Å². The van der Waals surface area contributed by atoms with Gasteiger partial charge in [0.2, 0.25) is 5.91 Å². The van der Waals surface area contributed by atoms with Crippen LogP contribution in [0.1, 0.15) is 245 Å². The van der Waals surface area contributed by atoms with Gasteiger partial charge in [-0.25, -0.2) is 0 Å². The fraction of sp³-hybridized carbons (Fsp3) is 0.824. The number of rotatable bonds is 44. The van der Waals surface area contributed by atoms with Gasteiger partial charge in [-0.2, -0.15) is 0 Å². The van der Waals surface area contributed by atoms with Crippen LogP contribution in [0.2, 0.25) is 0 Å². The summed E-state index contributed by atoms with van der Waals surface area (Å²) in [5.41, 5.74) is 0. The first-order chi connectivity index (χ1) is 27.5. The molecule has 5 nitrogen and oxygen atoms in total. The van der Waals surface area contributed by atoms with Gasteiger partial charge in [-0.15, -0.1) is 0 Å². The molecule has 328 valence electrons. The van der Waals surface area contributed by atoms with Gasteiger partial charge in [-0.05, 0) is 64.2 Å². The highest BCUT2D eigenvalue weighted by atomic mass is 16.3. The Morgan fingerprint density at radius 3 is 1.21 bits per heavy atom. The minimum Gasteiger partial charge on any atom is -0.394 e. The number of amides is 1. The Kier molecular flexibility index (Phi) is 44.6. The summed E-state index contributed by atoms with van der Waals surface area (Å²) >= 11 is 0. The molecule has 0 fully saturated rings. The summed E-state index contributed by atoms with van der Waals surface area (Å²) in [6, 6.07) is -0.766. The minimum absolute atomic E-state index is 0.00225. The van der Waals surface area contributed by atoms with Crippen LogP contribution in [0.4, 0.5) is 0 Å². The standard InChI is InChI=1S/C51H95NO4/c1-3-5-7-9-11-13-15-16-17-18-19-20-21-22-23-24-25-26-27-28-29-30-31-32-33-35-36-38-40-42-44-48(54)46-51(56)52-49(47-53)50(55)45-43-41-39-37-34-14-12-10-8-6-4-2/h8,10,22-23,34,37,43,45,48-50,53-55H,3-7,9,11-21,24-33,35-36,38-42,44,46-47H2,1-2H3,(H,52,56)/b10-8+,23-22-,37-34+,45-43+. The molecule has 4 N–H and O–H groups in total. The second-order valence-electron chi connectivity index (χ2n) is 16.7. The van der Waals surface area contributed by atoms with Gasteiger partial charge in [0.25, 0.3) is 0 Å².